The molecule has 2 aromatic carbocycles. The summed E-state index contributed by atoms with van der Waals surface area (Å²) in [7, 11) is 0. The van der Waals surface area contributed by atoms with Crippen molar-refractivity contribution in [1.29, 1.82) is 0 Å². The van der Waals surface area contributed by atoms with Crippen molar-refractivity contribution in [2.24, 2.45) is 0 Å². The van der Waals surface area contributed by atoms with Gasteiger partial charge in [-0.2, -0.15) is 0 Å². The van der Waals surface area contributed by atoms with Gasteiger partial charge in [-0.05, 0) is 42.5 Å². The zero-order valence-electron chi connectivity index (χ0n) is 12.2. The molecule has 0 heterocycles. The number of unbranched alkanes of at least 4 members (excludes halogenated alkanes) is 1. The molecule has 0 aromatic heterocycles. The standard InChI is InChI=1S/C19H22O2/c1-2-3-5-10-19(20)17-11-13-18(14-12-17)21-15-16-8-6-4-7-9-16/h2,4,6-9,11-14,19-20H,1,3,5,10,15H2. The van der Waals surface area contributed by atoms with Gasteiger partial charge < -0.3 is 9.84 Å². The number of hydrogen-bond donors (Lipinski definition) is 1. The third kappa shape index (κ3) is 5.09. The second-order valence-corrected chi connectivity index (χ2v) is 5.08. The zero-order valence-corrected chi connectivity index (χ0v) is 12.2. The van der Waals surface area contributed by atoms with Crippen LogP contribution in [0.5, 0.6) is 5.75 Å². The lowest BCUT2D eigenvalue weighted by atomic mass is 10.0. The molecule has 2 rings (SSSR count). The van der Waals surface area contributed by atoms with E-state index in [1.165, 1.54) is 0 Å². The first-order valence-corrected chi connectivity index (χ1v) is 7.35. The molecule has 2 nitrogen and oxygen atoms in total. The third-order valence-electron chi connectivity index (χ3n) is 3.40. The summed E-state index contributed by atoms with van der Waals surface area (Å²) in [6.45, 7) is 4.25. The molecule has 0 saturated heterocycles. The molecule has 1 N–H and O–H groups in total. The average molecular weight is 282 g/mol. The normalized spacial score (nSPS) is 11.9. The summed E-state index contributed by atoms with van der Waals surface area (Å²) in [5.74, 6) is 0.820. The van der Waals surface area contributed by atoms with E-state index in [2.05, 4.69) is 6.58 Å². The van der Waals surface area contributed by atoms with Crippen LogP contribution in [0.25, 0.3) is 0 Å². The first-order valence-electron chi connectivity index (χ1n) is 7.35. The Morgan fingerprint density at radius 3 is 2.43 bits per heavy atom. The molecule has 1 unspecified atom stereocenters. The maximum absolute atomic E-state index is 10.1. The van der Waals surface area contributed by atoms with Crippen molar-refractivity contribution >= 4 is 0 Å². The first-order chi connectivity index (χ1) is 10.3. The highest BCUT2D eigenvalue weighted by atomic mass is 16.5. The summed E-state index contributed by atoms with van der Waals surface area (Å²) in [6, 6.07) is 17.8. The summed E-state index contributed by atoms with van der Waals surface area (Å²) >= 11 is 0. The van der Waals surface area contributed by atoms with Crippen molar-refractivity contribution in [3.05, 3.63) is 78.4 Å². The zero-order chi connectivity index (χ0) is 14.9. The topological polar surface area (TPSA) is 29.5 Å². The molecule has 0 spiro atoms. The highest BCUT2D eigenvalue weighted by Crippen LogP contribution is 2.22. The monoisotopic (exact) mass is 282 g/mol. The van der Waals surface area contributed by atoms with Crippen molar-refractivity contribution in [2.45, 2.75) is 32.0 Å². The lowest BCUT2D eigenvalue weighted by molar-refractivity contribution is 0.165. The number of benzene rings is 2. The van der Waals surface area contributed by atoms with E-state index in [-0.39, 0.29) is 0 Å². The van der Waals surface area contributed by atoms with Crippen LogP contribution >= 0.6 is 0 Å². The van der Waals surface area contributed by atoms with E-state index in [0.717, 1.165) is 36.1 Å². The molecule has 2 heteroatoms. The number of rotatable bonds is 8. The molecule has 0 bridgehead atoms. The molecule has 0 amide bonds. The minimum atomic E-state index is -0.409. The number of aliphatic hydroxyl groups excluding tert-OH is 1. The minimum Gasteiger partial charge on any atom is -0.489 e. The molecule has 0 aliphatic carbocycles. The van der Waals surface area contributed by atoms with E-state index in [0.29, 0.717) is 6.61 Å². The molecule has 0 radical (unpaired) electrons. The smallest absolute Gasteiger partial charge is 0.119 e. The van der Waals surface area contributed by atoms with Crippen LogP contribution in [0.3, 0.4) is 0 Å². The van der Waals surface area contributed by atoms with Crippen LogP contribution in [-0.2, 0) is 6.61 Å². The van der Waals surface area contributed by atoms with E-state index in [9.17, 15) is 5.11 Å². The van der Waals surface area contributed by atoms with E-state index < -0.39 is 6.10 Å². The minimum absolute atomic E-state index is 0.409. The predicted octanol–water partition coefficient (Wildman–Crippen LogP) is 4.66. The number of allylic oxidation sites excluding steroid dienone is 1. The first kappa shape index (κ1) is 15.3. The van der Waals surface area contributed by atoms with Gasteiger partial charge in [0.1, 0.15) is 12.4 Å². The fourth-order valence-corrected chi connectivity index (χ4v) is 2.15. The highest BCUT2D eigenvalue weighted by molar-refractivity contribution is 5.29. The van der Waals surface area contributed by atoms with Gasteiger partial charge in [-0.3, -0.25) is 0 Å². The van der Waals surface area contributed by atoms with Crippen LogP contribution in [-0.4, -0.2) is 5.11 Å². The van der Waals surface area contributed by atoms with Gasteiger partial charge in [-0.1, -0.05) is 48.5 Å². The fraction of sp³-hybridized carbons (Fsp3) is 0.263. The van der Waals surface area contributed by atoms with Gasteiger partial charge in [0, 0.05) is 0 Å². The Morgan fingerprint density at radius 1 is 1.05 bits per heavy atom. The van der Waals surface area contributed by atoms with Gasteiger partial charge in [0.2, 0.25) is 0 Å². The summed E-state index contributed by atoms with van der Waals surface area (Å²) in [6.07, 6.45) is 4.13. The SMILES string of the molecule is C=CCCCC(O)c1ccc(OCc2ccccc2)cc1. The highest BCUT2D eigenvalue weighted by Gasteiger charge is 2.06. The van der Waals surface area contributed by atoms with Crippen LogP contribution in [0.2, 0.25) is 0 Å². The molecule has 110 valence electrons. The van der Waals surface area contributed by atoms with Gasteiger partial charge in [0.15, 0.2) is 0 Å². The molecule has 0 saturated carbocycles. The predicted molar refractivity (Wildman–Crippen MR) is 86.2 cm³/mol. The maximum atomic E-state index is 10.1. The fourth-order valence-electron chi connectivity index (χ4n) is 2.15. The lowest BCUT2D eigenvalue weighted by Crippen LogP contribution is -1.98. The van der Waals surface area contributed by atoms with E-state index in [1.807, 2.05) is 60.7 Å². The Labute approximate surface area is 126 Å². The lowest BCUT2D eigenvalue weighted by Gasteiger charge is -2.12. The van der Waals surface area contributed by atoms with E-state index in [1.54, 1.807) is 0 Å². The second-order valence-electron chi connectivity index (χ2n) is 5.08. The molecule has 0 fully saturated rings. The average Bonchev–Trinajstić information content (AvgIpc) is 2.54. The second kappa shape index (κ2) is 8.28. The summed E-state index contributed by atoms with van der Waals surface area (Å²) in [5, 5.41) is 10.1. The van der Waals surface area contributed by atoms with Crippen molar-refractivity contribution < 1.29 is 9.84 Å². The number of aliphatic hydroxyl groups is 1. The Balaban J connectivity index is 1.85. The van der Waals surface area contributed by atoms with Crippen LogP contribution < -0.4 is 4.74 Å². The molecular formula is C19H22O2. The molecule has 21 heavy (non-hydrogen) atoms. The molecule has 0 aliphatic heterocycles. The van der Waals surface area contributed by atoms with E-state index >= 15 is 0 Å². The molecular weight excluding hydrogens is 260 g/mol. The Morgan fingerprint density at radius 2 is 1.76 bits per heavy atom. The quantitative estimate of drug-likeness (QED) is 0.564. The largest absolute Gasteiger partial charge is 0.489 e. The Kier molecular flexibility index (Phi) is 6.04. The maximum Gasteiger partial charge on any atom is 0.119 e. The van der Waals surface area contributed by atoms with Gasteiger partial charge in [0.05, 0.1) is 6.10 Å². The molecule has 1 atom stereocenters. The third-order valence-corrected chi connectivity index (χ3v) is 3.40. The van der Waals surface area contributed by atoms with Crippen molar-refractivity contribution in [3.8, 4) is 5.75 Å². The van der Waals surface area contributed by atoms with E-state index in [4.69, 9.17) is 4.74 Å². The van der Waals surface area contributed by atoms with Crippen LogP contribution in [0.1, 0.15) is 36.5 Å². The number of ether oxygens (including phenoxy) is 1. The Bertz CT molecular complexity index is 531. The van der Waals surface area contributed by atoms with Crippen LogP contribution in [0.15, 0.2) is 67.3 Å². The summed E-state index contributed by atoms with van der Waals surface area (Å²) in [5.41, 5.74) is 2.08. The van der Waals surface area contributed by atoms with Gasteiger partial charge in [-0.15, -0.1) is 6.58 Å². The Hall–Kier alpha value is -2.06. The van der Waals surface area contributed by atoms with Crippen molar-refractivity contribution in [3.63, 3.8) is 0 Å². The van der Waals surface area contributed by atoms with Crippen LogP contribution in [0, 0.1) is 0 Å². The van der Waals surface area contributed by atoms with Crippen molar-refractivity contribution in [2.75, 3.05) is 0 Å². The summed E-state index contributed by atoms with van der Waals surface area (Å²) in [4.78, 5) is 0. The summed E-state index contributed by atoms with van der Waals surface area (Å²) < 4.78 is 5.73. The number of hydrogen-bond acceptors (Lipinski definition) is 2. The van der Waals surface area contributed by atoms with Gasteiger partial charge in [-0.25, -0.2) is 0 Å². The van der Waals surface area contributed by atoms with Crippen LogP contribution in [0.4, 0.5) is 0 Å². The molecule has 2 aromatic rings. The molecule has 0 aliphatic rings. The van der Waals surface area contributed by atoms with Gasteiger partial charge in [0.25, 0.3) is 0 Å². The van der Waals surface area contributed by atoms with Crippen molar-refractivity contribution in [1.82, 2.24) is 0 Å². The van der Waals surface area contributed by atoms with Gasteiger partial charge >= 0.3 is 0 Å².